The molecule has 0 aromatic heterocycles. The number of hydrogen-bond acceptors (Lipinski definition) is 4. The molecule has 1 aliphatic rings. The van der Waals surface area contributed by atoms with Crippen LogP contribution in [-0.2, 0) is 11.3 Å². The number of nitrogens with zero attached hydrogens (tertiary/aromatic N) is 1. The van der Waals surface area contributed by atoms with Crippen LogP contribution < -0.4 is 11.1 Å². The first-order valence-electron chi connectivity index (χ1n) is 8.45. The zero-order valence-corrected chi connectivity index (χ0v) is 15.1. The molecule has 1 saturated heterocycles. The van der Waals surface area contributed by atoms with Gasteiger partial charge in [-0.25, -0.2) is 0 Å². The Balaban J connectivity index is 1.83. The molecule has 5 heteroatoms. The Morgan fingerprint density at radius 2 is 2.17 bits per heavy atom. The SMILES string of the molecule is CSCC[C@H](N)C(=O)Nc1ccc(CN2CCCC(C)C2)cc1. The van der Waals surface area contributed by atoms with Crippen LogP contribution in [0.4, 0.5) is 5.69 Å². The molecule has 4 nitrogen and oxygen atoms in total. The molecule has 1 fully saturated rings. The predicted octanol–water partition coefficient (Wildman–Crippen LogP) is 2.94. The van der Waals surface area contributed by atoms with Crippen molar-refractivity contribution in [1.82, 2.24) is 4.90 Å². The minimum Gasteiger partial charge on any atom is -0.325 e. The average molecular weight is 336 g/mol. The monoisotopic (exact) mass is 335 g/mol. The van der Waals surface area contributed by atoms with Crippen LogP contribution in [0.15, 0.2) is 24.3 Å². The molecule has 2 rings (SSSR count). The van der Waals surface area contributed by atoms with Crippen LogP contribution in [0.1, 0.15) is 31.7 Å². The molecule has 1 aromatic rings. The van der Waals surface area contributed by atoms with Crippen molar-refractivity contribution in [3.63, 3.8) is 0 Å². The summed E-state index contributed by atoms with van der Waals surface area (Å²) in [6.45, 7) is 5.69. The normalized spacial score (nSPS) is 20.2. The number of nitrogens with one attached hydrogen (secondary N) is 1. The van der Waals surface area contributed by atoms with Gasteiger partial charge in [-0.05, 0) is 61.4 Å². The number of rotatable bonds is 7. The Kier molecular flexibility index (Phi) is 7.40. The molecule has 0 bridgehead atoms. The fourth-order valence-corrected chi connectivity index (χ4v) is 3.48. The zero-order chi connectivity index (χ0) is 16.7. The first kappa shape index (κ1) is 18.3. The van der Waals surface area contributed by atoms with Crippen molar-refractivity contribution in [2.45, 2.75) is 38.8 Å². The standard InChI is InChI=1S/C18H29N3OS/c1-14-4-3-10-21(12-14)13-15-5-7-16(8-6-15)20-18(22)17(19)9-11-23-2/h5-8,14,17H,3-4,9-13,19H2,1-2H3,(H,20,22)/t14?,17-/m0/s1. The van der Waals surface area contributed by atoms with E-state index in [1.54, 1.807) is 11.8 Å². The van der Waals surface area contributed by atoms with E-state index in [9.17, 15) is 4.79 Å². The zero-order valence-electron chi connectivity index (χ0n) is 14.3. The van der Waals surface area contributed by atoms with Crippen molar-refractivity contribution < 1.29 is 4.79 Å². The van der Waals surface area contributed by atoms with Gasteiger partial charge in [-0.15, -0.1) is 0 Å². The molecule has 1 aliphatic heterocycles. The summed E-state index contributed by atoms with van der Waals surface area (Å²) in [4.78, 5) is 14.5. The topological polar surface area (TPSA) is 58.4 Å². The second-order valence-corrected chi connectivity index (χ2v) is 7.54. The average Bonchev–Trinajstić information content (AvgIpc) is 2.54. The highest BCUT2D eigenvalue weighted by Crippen LogP contribution is 2.19. The number of benzene rings is 1. The Morgan fingerprint density at radius 1 is 1.43 bits per heavy atom. The fourth-order valence-electron chi connectivity index (χ4n) is 2.99. The summed E-state index contributed by atoms with van der Waals surface area (Å²) in [5.74, 6) is 1.60. The number of thioether (sulfide) groups is 1. The van der Waals surface area contributed by atoms with E-state index < -0.39 is 6.04 Å². The molecule has 0 spiro atoms. The number of amides is 1. The van der Waals surface area contributed by atoms with Gasteiger partial charge in [0.2, 0.25) is 5.91 Å². The quantitative estimate of drug-likeness (QED) is 0.804. The van der Waals surface area contributed by atoms with Gasteiger partial charge < -0.3 is 11.1 Å². The third-order valence-corrected chi connectivity index (χ3v) is 4.98. The van der Waals surface area contributed by atoms with Crippen LogP contribution in [-0.4, -0.2) is 41.9 Å². The highest BCUT2D eigenvalue weighted by molar-refractivity contribution is 7.98. The van der Waals surface area contributed by atoms with Crippen molar-refractivity contribution in [2.24, 2.45) is 11.7 Å². The number of piperidine rings is 1. The van der Waals surface area contributed by atoms with Crippen molar-refractivity contribution in [2.75, 3.05) is 30.4 Å². The highest BCUT2D eigenvalue weighted by atomic mass is 32.2. The number of carbonyl (C=O) groups is 1. The molecular weight excluding hydrogens is 306 g/mol. The van der Waals surface area contributed by atoms with Crippen LogP contribution in [0.25, 0.3) is 0 Å². The van der Waals surface area contributed by atoms with Gasteiger partial charge in [0.05, 0.1) is 6.04 Å². The number of nitrogens with two attached hydrogens (primary N) is 1. The van der Waals surface area contributed by atoms with Crippen molar-refractivity contribution in [3.05, 3.63) is 29.8 Å². The second kappa shape index (κ2) is 9.30. The van der Waals surface area contributed by atoms with Crippen molar-refractivity contribution in [1.29, 1.82) is 0 Å². The molecule has 23 heavy (non-hydrogen) atoms. The van der Waals surface area contributed by atoms with Gasteiger partial charge in [-0.3, -0.25) is 9.69 Å². The Hall–Kier alpha value is -1.04. The van der Waals surface area contributed by atoms with Crippen LogP contribution in [0, 0.1) is 5.92 Å². The van der Waals surface area contributed by atoms with Gasteiger partial charge in [-0.2, -0.15) is 11.8 Å². The fraction of sp³-hybridized carbons (Fsp3) is 0.611. The van der Waals surface area contributed by atoms with E-state index in [0.717, 1.165) is 23.9 Å². The lowest BCUT2D eigenvalue weighted by Crippen LogP contribution is -2.36. The summed E-state index contributed by atoms with van der Waals surface area (Å²) in [5, 5.41) is 2.90. The third kappa shape index (κ3) is 6.16. The number of hydrogen-bond donors (Lipinski definition) is 2. The number of likely N-dealkylation sites (tertiary alicyclic amines) is 1. The molecule has 1 amide bonds. The van der Waals surface area contributed by atoms with Crippen LogP contribution in [0.2, 0.25) is 0 Å². The number of carbonyl (C=O) groups excluding carboxylic acids is 1. The van der Waals surface area contributed by atoms with E-state index in [1.165, 1.54) is 31.5 Å². The van der Waals surface area contributed by atoms with Gasteiger partial charge in [-0.1, -0.05) is 19.1 Å². The van der Waals surface area contributed by atoms with Gasteiger partial charge in [0.15, 0.2) is 0 Å². The van der Waals surface area contributed by atoms with E-state index >= 15 is 0 Å². The van der Waals surface area contributed by atoms with Gasteiger partial charge >= 0.3 is 0 Å². The Labute approximate surface area is 144 Å². The molecule has 128 valence electrons. The van der Waals surface area contributed by atoms with Gasteiger partial charge in [0.25, 0.3) is 0 Å². The van der Waals surface area contributed by atoms with Crippen LogP contribution >= 0.6 is 11.8 Å². The predicted molar refractivity (Wildman–Crippen MR) is 99.7 cm³/mol. The summed E-state index contributed by atoms with van der Waals surface area (Å²) in [5.41, 5.74) is 8.01. The molecule has 1 aromatic carbocycles. The summed E-state index contributed by atoms with van der Waals surface area (Å²) < 4.78 is 0. The molecule has 2 atom stereocenters. The third-order valence-electron chi connectivity index (χ3n) is 4.34. The largest absolute Gasteiger partial charge is 0.325 e. The maximum atomic E-state index is 12.0. The Bertz CT molecular complexity index is 492. The number of anilines is 1. The van der Waals surface area contributed by atoms with E-state index in [4.69, 9.17) is 5.73 Å². The van der Waals surface area contributed by atoms with E-state index in [0.29, 0.717) is 6.42 Å². The van der Waals surface area contributed by atoms with Crippen molar-refractivity contribution in [3.8, 4) is 0 Å². The van der Waals surface area contributed by atoms with E-state index in [-0.39, 0.29) is 5.91 Å². The van der Waals surface area contributed by atoms with Crippen molar-refractivity contribution >= 4 is 23.4 Å². The molecule has 0 saturated carbocycles. The molecule has 0 aliphatic carbocycles. The smallest absolute Gasteiger partial charge is 0.241 e. The lowest BCUT2D eigenvalue weighted by molar-refractivity contribution is -0.117. The molecule has 1 heterocycles. The molecule has 1 unspecified atom stereocenters. The maximum absolute atomic E-state index is 12.0. The maximum Gasteiger partial charge on any atom is 0.241 e. The molecular formula is C18H29N3OS. The minimum atomic E-state index is -0.433. The molecule has 3 N–H and O–H groups in total. The summed E-state index contributed by atoms with van der Waals surface area (Å²) in [6, 6.07) is 7.71. The van der Waals surface area contributed by atoms with Gasteiger partial charge in [0, 0.05) is 18.8 Å². The van der Waals surface area contributed by atoms with Gasteiger partial charge in [0.1, 0.15) is 0 Å². The summed E-state index contributed by atoms with van der Waals surface area (Å²) >= 11 is 1.71. The van der Waals surface area contributed by atoms with E-state index in [1.807, 2.05) is 18.4 Å². The van der Waals surface area contributed by atoms with Crippen LogP contribution in [0.3, 0.4) is 0 Å². The minimum absolute atomic E-state index is 0.100. The first-order valence-corrected chi connectivity index (χ1v) is 9.84. The highest BCUT2D eigenvalue weighted by Gasteiger charge is 2.16. The van der Waals surface area contributed by atoms with E-state index in [2.05, 4.69) is 29.3 Å². The molecule has 0 radical (unpaired) electrons. The lowest BCUT2D eigenvalue weighted by Gasteiger charge is -2.30. The second-order valence-electron chi connectivity index (χ2n) is 6.56. The summed E-state index contributed by atoms with van der Waals surface area (Å²) in [7, 11) is 0. The first-order chi connectivity index (χ1) is 11.1. The lowest BCUT2D eigenvalue weighted by atomic mass is 10.00. The summed E-state index contributed by atoms with van der Waals surface area (Å²) in [6.07, 6.45) is 5.37. The van der Waals surface area contributed by atoms with Crippen LogP contribution in [0.5, 0.6) is 0 Å². The Morgan fingerprint density at radius 3 is 2.83 bits per heavy atom.